The minimum absolute atomic E-state index is 0.0303. The first kappa shape index (κ1) is 17.7. The summed E-state index contributed by atoms with van der Waals surface area (Å²) in [7, 11) is 0. The van der Waals surface area contributed by atoms with Crippen LogP contribution in [0.15, 0.2) is 54.7 Å². The van der Waals surface area contributed by atoms with E-state index in [9.17, 15) is 9.59 Å². The maximum absolute atomic E-state index is 12.2. The largest absolute Gasteiger partial charge is 0.361 e. The van der Waals surface area contributed by atoms with E-state index < -0.39 is 0 Å². The van der Waals surface area contributed by atoms with E-state index >= 15 is 0 Å². The van der Waals surface area contributed by atoms with Crippen molar-refractivity contribution in [2.45, 2.75) is 32.6 Å². The molecule has 26 heavy (non-hydrogen) atoms. The lowest BCUT2D eigenvalue weighted by molar-refractivity contribution is -0.121. The molecule has 0 aliphatic heterocycles. The van der Waals surface area contributed by atoms with Gasteiger partial charge in [-0.15, -0.1) is 0 Å². The van der Waals surface area contributed by atoms with Gasteiger partial charge in [0.2, 0.25) is 5.91 Å². The molecule has 2 amide bonds. The maximum atomic E-state index is 12.2. The fourth-order valence-electron chi connectivity index (χ4n) is 2.82. The normalized spacial score (nSPS) is 11.3. The summed E-state index contributed by atoms with van der Waals surface area (Å²) >= 11 is 0. The van der Waals surface area contributed by atoms with E-state index in [1.54, 1.807) is 12.1 Å². The van der Waals surface area contributed by atoms with Gasteiger partial charge in [0.05, 0.1) is 6.42 Å². The molecule has 5 nitrogen and oxygen atoms in total. The predicted octanol–water partition coefficient (Wildman–Crippen LogP) is 3.47. The Labute approximate surface area is 152 Å². The monoisotopic (exact) mass is 349 g/mol. The number of para-hydroxylation sites is 1. The molecule has 1 aromatic heterocycles. The van der Waals surface area contributed by atoms with Gasteiger partial charge in [-0.2, -0.15) is 0 Å². The molecule has 5 heteroatoms. The molecule has 0 saturated carbocycles. The molecule has 3 N–H and O–H groups in total. The number of H-pyrrole nitrogens is 1. The number of hydrogen-bond donors (Lipinski definition) is 3. The summed E-state index contributed by atoms with van der Waals surface area (Å²) in [5.74, 6) is -0.604. The van der Waals surface area contributed by atoms with Crippen LogP contribution in [-0.2, 0) is 16.6 Å². The van der Waals surface area contributed by atoms with Crippen molar-refractivity contribution in [2.75, 3.05) is 0 Å². The Morgan fingerprint density at radius 1 is 0.962 bits per heavy atom. The molecule has 3 aromatic rings. The Kier molecular flexibility index (Phi) is 4.80. The number of aromatic nitrogens is 1. The van der Waals surface area contributed by atoms with E-state index in [0.717, 1.165) is 22.0 Å². The fourth-order valence-corrected chi connectivity index (χ4v) is 2.82. The van der Waals surface area contributed by atoms with Gasteiger partial charge in [-0.25, -0.2) is 0 Å². The van der Waals surface area contributed by atoms with Crippen molar-refractivity contribution in [3.8, 4) is 0 Å². The summed E-state index contributed by atoms with van der Waals surface area (Å²) in [6.07, 6.45) is 2.00. The molecule has 2 aromatic carbocycles. The molecular weight excluding hydrogens is 326 g/mol. The highest BCUT2D eigenvalue weighted by Gasteiger charge is 2.15. The van der Waals surface area contributed by atoms with Crippen molar-refractivity contribution < 1.29 is 9.59 Å². The standard InChI is InChI=1S/C21H23N3O2/c1-21(2,3)16-10-8-14(9-11-16)20(26)24-23-19(25)12-15-13-22-18-7-5-4-6-17(15)18/h4-11,13,22H,12H2,1-3H3,(H,23,25)(H,24,26). The topological polar surface area (TPSA) is 74.0 Å². The van der Waals surface area contributed by atoms with Crippen LogP contribution in [0.25, 0.3) is 10.9 Å². The Morgan fingerprint density at radius 3 is 2.35 bits per heavy atom. The quantitative estimate of drug-likeness (QED) is 0.634. The first-order chi connectivity index (χ1) is 12.3. The summed E-state index contributed by atoms with van der Waals surface area (Å²) in [6, 6.07) is 15.2. The molecule has 0 radical (unpaired) electrons. The smallest absolute Gasteiger partial charge is 0.269 e. The first-order valence-corrected chi connectivity index (χ1v) is 8.59. The first-order valence-electron chi connectivity index (χ1n) is 8.59. The second-order valence-electron chi connectivity index (χ2n) is 7.37. The van der Waals surface area contributed by atoms with Gasteiger partial charge in [-0.1, -0.05) is 51.1 Å². The molecule has 0 fully saturated rings. The number of aromatic amines is 1. The van der Waals surface area contributed by atoms with Gasteiger partial charge in [0.1, 0.15) is 0 Å². The highest BCUT2D eigenvalue weighted by Crippen LogP contribution is 2.22. The second-order valence-corrected chi connectivity index (χ2v) is 7.37. The number of hydrogen-bond acceptors (Lipinski definition) is 2. The highest BCUT2D eigenvalue weighted by molar-refractivity contribution is 5.96. The summed E-state index contributed by atoms with van der Waals surface area (Å²) in [6.45, 7) is 6.35. The molecule has 0 aliphatic rings. The molecule has 0 bridgehead atoms. The van der Waals surface area contributed by atoms with Crippen LogP contribution in [0.2, 0.25) is 0 Å². The lowest BCUT2D eigenvalue weighted by Gasteiger charge is -2.19. The number of amides is 2. The van der Waals surface area contributed by atoms with Crippen LogP contribution < -0.4 is 10.9 Å². The summed E-state index contributed by atoms with van der Waals surface area (Å²) in [5.41, 5.74) is 8.51. The van der Waals surface area contributed by atoms with Crippen LogP contribution in [0.5, 0.6) is 0 Å². The van der Waals surface area contributed by atoms with Crippen molar-refractivity contribution in [2.24, 2.45) is 0 Å². The van der Waals surface area contributed by atoms with Crippen molar-refractivity contribution in [3.05, 3.63) is 71.4 Å². The third-order valence-electron chi connectivity index (χ3n) is 4.35. The van der Waals surface area contributed by atoms with E-state index in [1.165, 1.54) is 0 Å². The van der Waals surface area contributed by atoms with Crippen molar-refractivity contribution in [1.29, 1.82) is 0 Å². The Balaban J connectivity index is 1.58. The maximum Gasteiger partial charge on any atom is 0.269 e. The SMILES string of the molecule is CC(C)(C)c1ccc(C(=O)NNC(=O)Cc2c[nH]c3ccccc23)cc1. The van der Waals surface area contributed by atoms with Crippen molar-refractivity contribution in [3.63, 3.8) is 0 Å². The van der Waals surface area contributed by atoms with Crippen LogP contribution in [-0.4, -0.2) is 16.8 Å². The van der Waals surface area contributed by atoms with Gasteiger partial charge >= 0.3 is 0 Å². The number of fused-ring (bicyclic) bond motifs is 1. The summed E-state index contributed by atoms with van der Waals surface area (Å²) < 4.78 is 0. The number of nitrogens with one attached hydrogen (secondary N) is 3. The summed E-state index contributed by atoms with van der Waals surface area (Å²) in [4.78, 5) is 27.5. The summed E-state index contributed by atoms with van der Waals surface area (Å²) in [5, 5.41) is 1.01. The number of benzene rings is 2. The molecule has 0 atom stereocenters. The molecule has 1 heterocycles. The number of rotatable bonds is 3. The van der Waals surface area contributed by atoms with Gasteiger partial charge in [0.15, 0.2) is 0 Å². The predicted molar refractivity (Wildman–Crippen MR) is 103 cm³/mol. The number of carbonyl (C=O) groups is 2. The van der Waals surface area contributed by atoms with E-state index in [-0.39, 0.29) is 23.7 Å². The molecular formula is C21H23N3O2. The zero-order valence-electron chi connectivity index (χ0n) is 15.2. The fraction of sp³-hybridized carbons (Fsp3) is 0.238. The van der Waals surface area contributed by atoms with Gasteiger partial charge in [0, 0.05) is 22.7 Å². The lowest BCUT2D eigenvalue weighted by Crippen LogP contribution is -2.42. The number of carbonyl (C=O) groups excluding carboxylic acids is 2. The molecule has 134 valence electrons. The average molecular weight is 349 g/mol. The van der Waals surface area contributed by atoms with Crippen LogP contribution in [0.3, 0.4) is 0 Å². The van der Waals surface area contributed by atoms with Crippen LogP contribution in [0.1, 0.15) is 42.3 Å². The Bertz CT molecular complexity index is 934. The second kappa shape index (κ2) is 7.04. The van der Waals surface area contributed by atoms with Gasteiger partial charge in [0.25, 0.3) is 5.91 Å². The lowest BCUT2D eigenvalue weighted by atomic mass is 9.87. The molecule has 0 spiro atoms. The third kappa shape index (κ3) is 3.94. The van der Waals surface area contributed by atoms with Crippen molar-refractivity contribution >= 4 is 22.7 Å². The van der Waals surface area contributed by atoms with E-state index in [2.05, 4.69) is 36.6 Å². The molecule has 0 unspecified atom stereocenters. The Morgan fingerprint density at radius 2 is 1.65 bits per heavy atom. The average Bonchev–Trinajstić information content (AvgIpc) is 3.02. The zero-order valence-corrected chi connectivity index (χ0v) is 15.2. The van der Waals surface area contributed by atoms with Gasteiger partial charge in [-0.3, -0.25) is 20.4 Å². The van der Waals surface area contributed by atoms with E-state index in [1.807, 2.05) is 42.6 Å². The Hall–Kier alpha value is -3.08. The highest BCUT2D eigenvalue weighted by atomic mass is 16.2. The van der Waals surface area contributed by atoms with Gasteiger partial charge < -0.3 is 4.98 Å². The van der Waals surface area contributed by atoms with E-state index in [0.29, 0.717) is 5.56 Å². The number of hydrazine groups is 1. The van der Waals surface area contributed by atoms with Crippen molar-refractivity contribution in [1.82, 2.24) is 15.8 Å². The van der Waals surface area contributed by atoms with Crippen LogP contribution in [0.4, 0.5) is 0 Å². The van der Waals surface area contributed by atoms with E-state index in [4.69, 9.17) is 0 Å². The third-order valence-corrected chi connectivity index (χ3v) is 4.35. The minimum atomic E-state index is -0.335. The molecule has 0 saturated heterocycles. The van der Waals surface area contributed by atoms with Crippen LogP contribution >= 0.6 is 0 Å². The zero-order chi connectivity index (χ0) is 18.7. The minimum Gasteiger partial charge on any atom is -0.361 e. The van der Waals surface area contributed by atoms with Gasteiger partial charge in [-0.05, 0) is 34.7 Å². The van der Waals surface area contributed by atoms with Crippen LogP contribution in [0, 0.1) is 0 Å². The molecule has 3 rings (SSSR count). The molecule has 0 aliphatic carbocycles.